The summed E-state index contributed by atoms with van der Waals surface area (Å²) in [6.07, 6.45) is 2.44. The van der Waals surface area contributed by atoms with Gasteiger partial charge in [0, 0.05) is 19.6 Å². The molecule has 0 spiro atoms. The number of nitrogens with zero attached hydrogens (tertiary/aromatic N) is 1. The average Bonchev–Trinajstić information content (AvgIpc) is 3.04. The molecule has 0 aromatic heterocycles. The van der Waals surface area contributed by atoms with Crippen LogP contribution in [0.5, 0.6) is 0 Å². The van der Waals surface area contributed by atoms with Gasteiger partial charge in [-0.05, 0) is 36.5 Å². The van der Waals surface area contributed by atoms with Gasteiger partial charge in [-0.3, -0.25) is 4.79 Å². The van der Waals surface area contributed by atoms with Gasteiger partial charge in [-0.1, -0.05) is 18.6 Å². The number of hydrogen-bond acceptors (Lipinski definition) is 2. The van der Waals surface area contributed by atoms with Crippen LogP contribution in [-0.2, 0) is 11.3 Å². The van der Waals surface area contributed by atoms with Gasteiger partial charge >= 0.3 is 12.0 Å². The minimum Gasteiger partial charge on any atom is -0.481 e. The van der Waals surface area contributed by atoms with Gasteiger partial charge in [-0.25, -0.2) is 9.18 Å². The summed E-state index contributed by atoms with van der Waals surface area (Å²) in [4.78, 5) is 25.4. The van der Waals surface area contributed by atoms with E-state index in [2.05, 4.69) is 5.32 Å². The average molecular weight is 306 g/mol. The molecule has 1 heterocycles. The van der Waals surface area contributed by atoms with Crippen molar-refractivity contribution in [2.24, 2.45) is 11.3 Å². The number of rotatable bonds is 3. The third kappa shape index (κ3) is 2.53. The van der Waals surface area contributed by atoms with Crippen LogP contribution in [0.2, 0.25) is 0 Å². The van der Waals surface area contributed by atoms with Crippen LogP contribution >= 0.6 is 0 Å². The van der Waals surface area contributed by atoms with E-state index in [1.54, 1.807) is 17.0 Å². The van der Waals surface area contributed by atoms with Crippen LogP contribution in [0, 0.1) is 17.2 Å². The summed E-state index contributed by atoms with van der Waals surface area (Å²) >= 11 is 0. The van der Waals surface area contributed by atoms with Crippen LogP contribution in [0.3, 0.4) is 0 Å². The molecule has 0 radical (unpaired) electrons. The molecule has 0 unspecified atom stereocenters. The highest BCUT2D eigenvalue weighted by Gasteiger charge is 2.55. The third-order valence-electron chi connectivity index (χ3n) is 4.94. The number of aliphatic carboxylic acids is 1. The molecule has 3 rings (SSSR count). The standard InChI is InChI=1S/C16H19FN2O3/c17-13-5-3-11(4-6-13)8-18-15(22)19-9-12-2-1-7-16(12,10-19)14(20)21/h3-6,12H,1-2,7-10H2,(H,18,22)(H,20,21)/t12-,16+/m0/s1. The molecule has 0 bridgehead atoms. The fourth-order valence-corrected chi connectivity index (χ4v) is 3.69. The molecular weight excluding hydrogens is 287 g/mol. The zero-order valence-corrected chi connectivity index (χ0v) is 12.2. The fourth-order valence-electron chi connectivity index (χ4n) is 3.69. The zero-order chi connectivity index (χ0) is 15.7. The zero-order valence-electron chi connectivity index (χ0n) is 12.2. The Kier molecular flexibility index (Phi) is 3.76. The number of likely N-dealkylation sites (tertiary alicyclic amines) is 1. The number of carbonyl (C=O) groups is 2. The summed E-state index contributed by atoms with van der Waals surface area (Å²) < 4.78 is 12.8. The smallest absolute Gasteiger partial charge is 0.317 e. The fraction of sp³-hybridized carbons (Fsp3) is 0.500. The first-order valence-corrected chi connectivity index (χ1v) is 7.52. The highest BCUT2D eigenvalue weighted by molar-refractivity contribution is 5.80. The van der Waals surface area contributed by atoms with E-state index < -0.39 is 11.4 Å². The highest BCUT2D eigenvalue weighted by Crippen LogP contribution is 2.48. The van der Waals surface area contributed by atoms with Crippen molar-refractivity contribution in [3.05, 3.63) is 35.6 Å². The first kappa shape index (κ1) is 14.8. The van der Waals surface area contributed by atoms with Crippen LogP contribution in [0.25, 0.3) is 0 Å². The second-order valence-electron chi connectivity index (χ2n) is 6.22. The molecule has 6 heteroatoms. The van der Waals surface area contributed by atoms with Crippen LogP contribution in [0.1, 0.15) is 24.8 Å². The third-order valence-corrected chi connectivity index (χ3v) is 4.94. The predicted molar refractivity (Wildman–Crippen MR) is 77.6 cm³/mol. The van der Waals surface area contributed by atoms with E-state index in [9.17, 15) is 19.1 Å². The number of halogens is 1. The number of carboxylic acids is 1. The van der Waals surface area contributed by atoms with Gasteiger partial charge in [0.25, 0.3) is 0 Å². The largest absolute Gasteiger partial charge is 0.481 e. The maximum absolute atomic E-state index is 12.8. The minimum atomic E-state index is -0.788. The molecule has 1 aromatic rings. The van der Waals surface area contributed by atoms with Crippen molar-refractivity contribution in [3.63, 3.8) is 0 Å². The minimum absolute atomic E-state index is 0.0570. The topological polar surface area (TPSA) is 69.6 Å². The van der Waals surface area contributed by atoms with Gasteiger partial charge in [0.05, 0.1) is 5.41 Å². The molecule has 1 aromatic carbocycles. The first-order chi connectivity index (χ1) is 10.5. The number of amides is 2. The van der Waals surface area contributed by atoms with E-state index in [1.165, 1.54) is 12.1 Å². The molecule has 2 fully saturated rings. The molecule has 1 saturated carbocycles. The number of hydrogen-bond donors (Lipinski definition) is 2. The molecule has 1 aliphatic heterocycles. The molecule has 118 valence electrons. The lowest BCUT2D eigenvalue weighted by Crippen LogP contribution is -2.41. The molecule has 2 N–H and O–H groups in total. The Morgan fingerprint density at radius 1 is 1.36 bits per heavy atom. The van der Waals surface area contributed by atoms with Crippen LogP contribution in [-0.4, -0.2) is 35.1 Å². The van der Waals surface area contributed by atoms with Crippen molar-refractivity contribution in [1.82, 2.24) is 10.2 Å². The number of urea groups is 1. The van der Waals surface area contributed by atoms with Crippen molar-refractivity contribution in [1.29, 1.82) is 0 Å². The van der Waals surface area contributed by atoms with E-state index in [1.807, 2.05) is 0 Å². The Labute approximate surface area is 128 Å². The Morgan fingerprint density at radius 3 is 2.73 bits per heavy atom. The normalized spacial score (nSPS) is 26.8. The lowest BCUT2D eigenvalue weighted by Gasteiger charge is -2.23. The van der Waals surface area contributed by atoms with Gasteiger partial charge in [0.1, 0.15) is 5.82 Å². The monoisotopic (exact) mass is 306 g/mol. The number of benzene rings is 1. The second kappa shape index (κ2) is 5.59. The van der Waals surface area contributed by atoms with E-state index in [-0.39, 0.29) is 24.3 Å². The Bertz CT molecular complexity index is 590. The Hall–Kier alpha value is -2.11. The van der Waals surface area contributed by atoms with Crippen LogP contribution < -0.4 is 5.32 Å². The van der Waals surface area contributed by atoms with E-state index in [0.29, 0.717) is 19.5 Å². The summed E-state index contributed by atoms with van der Waals surface area (Å²) in [6, 6.07) is 5.68. The van der Waals surface area contributed by atoms with Gasteiger partial charge in [-0.2, -0.15) is 0 Å². The summed E-state index contributed by atoms with van der Waals surface area (Å²) in [7, 11) is 0. The summed E-state index contributed by atoms with van der Waals surface area (Å²) in [6.45, 7) is 1.09. The van der Waals surface area contributed by atoms with E-state index in [0.717, 1.165) is 18.4 Å². The van der Waals surface area contributed by atoms with Gasteiger partial charge in [0.15, 0.2) is 0 Å². The van der Waals surface area contributed by atoms with Gasteiger partial charge < -0.3 is 15.3 Å². The van der Waals surface area contributed by atoms with Crippen molar-refractivity contribution in [3.8, 4) is 0 Å². The molecule has 2 amide bonds. The number of fused-ring (bicyclic) bond motifs is 1. The first-order valence-electron chi connectivity index (χ1n) is 7.52. The number of nitrogens with one attached hydrogen (secondary N) is 1. The molecule has 1 saturated heterocycles. The van der Waals surface area contributed by atoms with Crippen LogP contribution in [0.15, 0.2) is 24.3 Å². The molecule has 5 nitrogen and oxygen atoms in total. The molecule has 22 heavy (non-hydrogen) atoms. The maximum atomic E-state index is 12.8. The predicted octanol–water partition coefficient (Wildman–Crippen LogP) is 2.22. The summed E-state index contributed by atoms with van der Waals surface area (Å²) in [5.74, 6) is -1.05. The number of carboxylic acid groups (broad SMARTS) is 1. The Balaban J connectivity index is 1.60. The van der Waals surface area contributed by atoms with Crippen molar-refractivity contribution >= 4 is 12.0 Å². The summed E-state index contributed by atoms with van der Waals surface area (Å²) in [5, 5.41) is 12.3. The van der Waals surface area contributed by atoms with Crippen molar-refractivity contribution < 1.29 is 19.1 Å². The van der Waals surface area contributed by atoms with Crippen molar-refractivity contribution in [2.75, 3.05) is 13.1 Å². The maximum Gasteiger partial charge on any atom is 0.317 e. The molecular formula is C16H19FN2O3. The summed E-state index contributed by atoms with van der Waals surface area (Å²) in [5.41, 5.74) is 0.0508. The second-order valence-corrected chi connectivity index (χ2v) is 6.22. The number of carbonyl (C=O) groups excluding carboxylic acids is 1. The van der Waals surface area contributed by atoms with Gasteiger partial charge in [0.2, 0.25) is 0 Å². The van der Waals surface area contributed by atoms with Crippen LogP contribution in [0.4, 0.5) is 9.18 Å². The molecule has 1 aliphatic carbocycles. The molecule has 2 aliphatic rings. The SMILES string of the molecule is O=C(NCc1ccc(F)cc1)N1C[C@@H]2CCC[C@@]2(C(=O)O)C1. The lowest BCUT2D eigenvalue weighted by atomic mass is 9.81. The van der Waals surface area contributed by atoms with E-state index >= 15 is 0 Å². The van der Waals surface area contributed by atoms with E-state index in [4.69, 9.17) is 0 Å². The Morgan fingerprint density at radius 2 is 2.09 bits per heavy atom. The van der Waals surface area contributed by atoms with Gasteiger partial charge in [-0.15, -0.1) is 0 Å². The van der Waals surface area contributed by atoms with Crippen molar-refractivity contribution in [2.45, 2.75) is 25.8 Å². The molecule has 2 atom stereocenters. The quantitative estimate of drug-likeness (QED) is 0.899. The highest BCUT2D eigenvalue weighted by atomic mass is 19.1. The lowest BCUT2D eigenvalue weighted by molar-refractivity contribution is -0.149.